The van der Waals surface area contributed by atoms with E-state index in [0.29, 0.717) is 36.6 Å². The largest absolute Gasteiger partial charge is 0.417 e. The second-order valence-electron chi connectivity index (χ2n) is 10.3. The Morgan fingerprint density at radius 3 is 2.58 bits per heavy atom. The molecule has 2 aliphatic carbocycles. The van der Waals surface area contributed by atoms with E-state index in [-0.39, 0.29) is 22.5 Å². The smallest absolute Gasteiger partial charge is 0.381 e. The fourth-order valence-electron chi connectivity index (χ4n) is 6.14. The van der Waals surface area contributed by atoms with Crippen LogP contribution in [-0.2, 0) is 4.84 Å². The van der Waals surface area contributed by atoms with Gasteiger partial charge in [-0.25, -0.2) is 15.1 Å². The number of H-pyrrole nitrogens is 1. The molecule has 9 nitrogen and oxygen atoms in total. The molecule has 1 spiro atoms. The minimum atomic E-state index is -4.91. The maximum Gasteiger partial charge on any atom is 0.417 e. The van der Waals surface area contributed by atoms with Gasteiger partial charge >= 0.3 is 6.18 Å². The van der Waals surface area contributed by atoms with Crippen molar-refractivity contribution in [2.45, 2.75) is 50.0 Å². The third-order valence-corrected chi connectivity index (χ3v) is 7.93. The van der Waals surface area contributed by atoms with Gasteiger partial charge < -0.3 is 5.11 Å². The fourth-order valence-corrected chi connectivity index (χ4v) is 6.14. The number of carbonyl (C=O) groups is 1. The highest BCUT2D eigenvalue weighted by atomic mass is 19.4. The molecule has 1 aromatic carbocycles. The van der Waals surface area contributed by atoms with Crippen molar-refractivity contribution >= 4 is 22.2 Å². The van der Waals surface area contributed by atoms with Crippen LogP contribution in [-0.4, -0.2) is 49.2 Å². The molecular weight excluding hydrogens is 503 g/mol. The summed E-state index contributed by atoms with van der Waals surface area (Å²) in [6, 6.07) is 12.3. The number of nitrogens with zero attached hydrogens (tertiary/aromatic N) is 3. The van der Waals surface area contributed by atoms with Gasteiger partial charge in [-0.05, 0) is 55.2 Å². The maximum atomic E-state index is 13.5. The summed E-state index contributed by atoms with van der Waals surface area (Å²) in [4.78, 5) is 30.0. The summed E-state index contributed by atoms with van der Waals surface area (Å²) in [7, 11) is 0. The highest BCUT2D eigenvalue weighted by Crippen LogP contribution is 2.65. The number of alkyl halides is 3. The molecule has 2 atom stereocenters. The van der Waals surface area contributed by atoms with E-state index in [1.54, 1.807) is 36.5 Å². The van der Waals surface area contributed by atoms with Gasteiger partial charge in [-0.2, -0.15) is 23.4 Å². The van der Waals surface area contributed by atoms with Crippen LogP contribution in [0, 0.1) is 11.3 Å². The predicted molar refractivity (Wildman–Crippen MR) is 129 cm³/mol. The molecule has 12 heteroatoms. The van der Waals surface area contributed by atoms with Crippen LogP contribution < -0.4 is 11.0 Å². The van der Waals surface area contributed by atoms with E-state index in [0.717, 1.165) is 11.1 Å². The molecule has 3 aromatic heterocycles. The molecule has 2 aliphatic rings. The highest BCUT2D eigenvalue weighted by Gasteiger charge is 2.59. The summed E-state index contributed by atoms with van der Waals surface area (Å²) < 4.78 is 41.9. The number of carbonyl (C=O) groups excluding carboxylic acids is 1. The minimum absolute atomic E-state index is 0.0694. The predicted octanol–water partition coefficient (Wildman–Crippen LogP) is 3.50. The summed E-state index contributed by atoms with van der Waals surface area (Å²) in [6.45, 7) is 0. The number of fused-ring (bicyclic) bond motifs is 2. The lowest BCUT2D eigenvalue weighted by molar-refractivity contribution is -0.264. The van der Waals surface area contributed by atoms with Crippen molar-refractivity contribution < 1.29 is 27.9 Å². The zero-order valence-corrected chi connectivity index (χ0v) is 20.0. The molecule has 2 fully saturated rings. The Morgan fingerprint density at radius 2 is 1.84 bits per heavy atom. The number of benzene rings is 1. The lowest BCUT2D eigenvalue weighted by atomic mass is 9.46. The van der Waals surface area contributed by atoms with Gasteiger partial charge in [0.1, 0.15) is 6.10 Å². The number of aromatic amines is 1. The fraction of sp³-hybridized carbons (Fsp3) is 0.385. The molecule has 2 saturated carbocycles. The van der Waals surface area contributed by atoms with Crippen LogP contribution in [0.25, 0.3) is 16.3 Å². The Labute approximate surface area is 213 Å². The van der Waals surface area contributed by atoms with Gasteiger partial charge in [0, 0.05) is 17.5 Å². The molecule has 38 heavy (non-hydrogen) atoms. The number of rotatable bonds is 6. The van der Waals surface area contributed by atoms with Gasteiger partial charge in [-0.1, -0.05) is 24.3 Å². The Balaban J connectivity index is 1.13. The van der Waals surface area contributed by atoms with E-state index in [2.05, 4.69) is 20.8 Å². The Kier molecular flexibility index (Phi) is 5.76. The van der Waals surface area contributed by atoms with Gasteiger partial charge in [0.2, 0.25) is 0 Å². The number of aromatic nitrogens is 4. The van der Waals surface area contributed by atoms with Crippen molar-refractivity contribution in [2.75, 3.05) is 0 Å². The van der Waals surface area contributed by atoms with Gasteiger partial charge in [0.15, 0.2) is 6.10 Å². The van der Waals surface area contributed by atoms with E-state index in [1.807, 2.05) is 12.1 Å². The number of aliphatic hydroxyl groups is 1. The number of aliphatic hydroxyl groups excluding tert-OH is 1. The average molecular weight is 528 g/mol. The van der Waals surface area contributed by atoms with E-state index in [9.17, 15) is 27.9 Å². The molecule has 0 radical (unpaired) electrons. The number of pyridine rings is 1. The SMILES string of the molecule is O=C(NOC(C1CC2(CC(c3n[nH]c(=O)c4ccccc34)C2)C1)C(O)C(F)(F)F)c1cnn2ccccc12. The second kappa shape index (κ2) is 8.91. The first-order valence-corrected chi connectivity index (χ1v) is 12.3. The normalized spacial score (nSPS) is 24.6. The van der Waals surface area contributed by atoms with Crippen LogP contribution in [0.1, 0.15) is 47.7 Å². The summed E-state index contributed by atoms with van der Waals surface area (Å²) in [5, 5.41) is 22.2. The first-order chi connectivity index (χ1) is 18.2. The van der Waals surface area contributed by atoms with E-state index in [1.165, 1.54) is 10.7 Å². The number of halogens is 3. The van der Waals surface area contributed by atoms with Crippen molar-refractivity contribution in [3.05, 3.63) is 76.5 Å². The summed E-state index contributed by atoms with van der Waals surface area (Å²) in [5.74, 6) is -1.28. The quantitative estimate of drug-likeness (QED) is 0.330. The van der Waals surface area contributed by atoms with Crippen LogP contribution in [0.4, 0.5) is 13.2 Å². The summed E-state index contributed by atoms with van der Waals surface area (Å²) in [5.41, 5.74) is 3.03. The third kappa shape index (κ3) is 4.13. The van der Waals surface area contributed by atoms with Crippen LogP contribution in [0.2, 0.25) is 0 Å². The van der Waals surface area contributed by atoms with Crippen LogP contribution in [0.5, 0.6) is 0 Å². The number of amides is 1. The van der Waals surface area contributed by atoms with Gasteiger partial charge in [-0.3, -0.25) is 14.4 Å². The zero-order chi connectivity index (χ0) is 26.7. The highest BCUT2D eigenvalue weighted by molar-refractivity contribution is 6.00. The maximum absolute atomic E-state index is 13.5. The van der Waals surface area contributed by atoms with E-state index in [4.69, 9.17) is 4.84 Å². The van der Waals surface area contributed by atoms with Gasteiger partial charge in [0.05, 0.1) is 28.4 Å². The first kappa shape index (κ1) is 24.6. The lowest BCUT2D eigenvalue weighted by Crippen LogP contribution is -2.57. The molecule has 0 saturated heterocycles. The molecule has 2 unspecified atom stereocenters. The standard InChI is InChI=1S/C26H24F3N5O4/c27-26(28,29)22(35)21(38-33-24(37)18-13-30-34-8-4-3-7-19(18)34)15-11-25(12-15)9-14(10-25)20-16-5-1-2-6-17(16)23(36)32-31-20/h1-8,13-15,21-22,35H,9-12H2,(H,32,36)(H,33,37). The summed E-state index contributed by atoms with van der Waals surface area (Å²) >= 11 is 0. The second-order valence-corrected chi connectivity index (χ2v) is 10.3. The Morgan fingerprint density at radius 1 is 1.13 bits per heavy atom. The number of hydrogen-bond donors (Lipinski definition) is 3. The zero-order valence-electron chi connectivity index (χ0n) is 20.0. The van der Waals surface area contributed by atoms with Gasteiger partial charge in [0.25, 0.3) is 11.5 Å². The lowest BCUT2D eigenvalue weighted by Gasteiger charge is -2.59. The molecule has 1 amide bonds. The number of hydrogen-bond acceptors (Lipinski definition) is 6. The van der Waals surface area contributed by atoms with E-state index >= 15 is 0 Å². The average Bonchev–Trinajstić information content (AvgIpc) is 3.28. The summed E-state index contributed by atoms with van der Waals surface area (Å²) in [6.07, 6.45) is -4.16. The minimum Gasteiger partial charge on any atom is -0.381 e. The molecule has 0 bridgehead atoms. The number of nitrogens with one attached hydrogen (secondary N) is 2. The Bertz CT molecular complexity index is 1570. The first-order valence-electron chi connectivity index (χ1n) is 12.3. The monoisotopic (exact) mass is 527 g/mol. The molecule has 3 heterocycles. The Hall–Kier alpha value is -3.77. The van der Waals surface area contributed by atoms with Crippen molar-refractivity contribution in [1.82, 2.24) is 25.3 Å². The van der Waals surface area contributed by atoms with Crippen molar-refractivity contribution in [3.63, 3.8) is 0 Å². The molecule has 4 aromatic rings. The number of hydroxylamine groups is 1. The van der Waals surface area contributed by atoms with Crippen LogP contribution in [0.3, 0.4) is 0 Å². The third-order valence-electron chi connectivity index (χ3n) is 7.93. The molecule has 0 aliphatic heterocycles. The molecule has 198 valence electrons. The molecular formula is C26H24F3N5O4. The van der Waals surface area contributed by atoms with Crippen molar-refractivity contribution in [2.24, 2.45) is 11.3 Å². The molecule has 6 rings (SSSR count). The van der Waals surface area contributed by atoms with Crippen LogP contribution >= 0.6 is 0 Å². The van der Waals surface area contributed by atoms with Gasteiger partial charge in [-0.15, -0.1) is 0 Å². The topological polar surface area (TPSA) is 122 Å². The van der Waals surface area contributed by atoms with Crippen molar-refractivity contribution in [1.29, 1.82) is 0 Å². The van der Waals surface area contributed by atoms with Crippen LogP contribution in [0.15, 0.2) is 59.7 Å². The van der Waals surface area contributed by atoms with E-state index < -0.39 is 30.2 Å². The molecule has 3 N–H and O–H groups in total. The van der Waals surface area contributed by atoms with Crippen molar-refractivity contribution in [3.8, 4) is 0 Å².